The highest BCUT2D eigenvalue weighted by atomic mass is 16.1. The van der Waals surface area contributed by atoms with Crippen LogP contribution in [0.2, 0.25) is 0 Å². The summed E-state index contributed by atoms with van der Waals surface area (Å²) in [4.78, 5) is 18.3. The molecule has 1 aromatic heterocycles. The van der Waals surface area contributed by atoms with Crippen molar-refractivity contribution in [2.75, 3.05) is 23.3 Å². The predicted molar refractivity (Wildman–Crippen MR) is 92.4 cm³/mol. The number of hydrogen-bond donors (Lipinski definition) is 2. The van der Waals surface area contributed by atoms with Gasteiger partial charge in [-0.3, -0.25) is 4.79 Å². The Morgan fingerprint density at radius 1 is 1.22 bits per heavy atom. The van der Waals surface area contributed by atoms with Crippen LogP contribution >= 0.6 is 0 Å². The zero-order valence-electron chi connectivity index (χ0n) is 13.2. The van der Waals surface area contributed by atoms with Crippen molar-refractivity contribution in [3.63, 3.8) is 0 Å². The Labute approximate surface area is 136 Å². The summed E-state index contributed by atoms with van der Waals surface area (Å²) in [6, 6.07) is 12.4. The molecule has 1 aliphatic rings. The van der Waals surface area contributed by atoms with Crippen molar-refractivity contribution >= 4 is 17.4 Å². The van der Waals surface area contributed by atoms with Gasteiger partial charge in [0.15, 0.2) is 0 Å². The van der Waals surface area contributed by atoms with E-state index in [1.54, 1.807) is 0 Å². The van der Waals surface area contributed by atoms with Gasteiger partial charge in [0.05, 0.1) is 11.9 Å². The van der Waals surface area contributed by atoms with E-state index in [1.807, 2.05) is 18.3 Å². The van der Waals surface area contributed by atoms with Crippen LogP contribution in [0, 0.1) is 0 Å². The lowest BCUT2D eigenvalue weighted by Gasteiger charge is -2.30. The Morgan fingerprint density at radius 3 is 2.78 bits per heavy atom. The molecule has 0 saturated carbocycles. The molecule has 120 valence electrons. The summed E-state index contributed by atoms with van der Waals surface area (Å²) in [5.74, 6) is 0.552. The fourth-order valence-electron chi connectivity index (χ4n) is 2.83. The summed E-state index contributed by atoms with van der Waals surface area (Å²) in [6.07, 6.45) is 4.00. The Hall–Kier alpha value is -2.40. The molecular formula is C18H22N4O. The van der Waals surface area contributed by atoms with E-state index >= 15 is 0 Å². The summed E-state index contributed by atoms with van der Waals surface area (Å²) in [6.45, 7) is 2.41. The van der Waals surface area contributed by atoms with Crippen LogP contribution in [0.5, 0.6) is 0 Å². The molecule has 0 spiro atoms. The molecule has 5 heteroatoms. The third-order valence-corrected chi connectivity index (χ3v) is 4.12. The Balaban J connectivity index is 1.63. The van der Waals surface area contributed by atoms with E-state index in [0.717, 1.165) is 25.2 Å². The van der Waals surface area contributed by atoms with Crippen molar-refractivity contribution in [3.05, 3.63) is 53.7 Å². The van der Waals surface area contributed by atoms with E-state index in [-0.39, 0.29) is 5.91 Å². The molecule has 1 amide bonds. The van der Waals surface area contributed by atoms with Gasteiger partial charge in [-0.2, -0.15) is 0 Å². The molecule has 0 bridgehead atoms. The summed E-state index contributed by atoms with van der Waals surface area (Å²) in [5, 5.41) is 2.80. The van der Waals surface area contributed by atoms with Crippen LogP contribution < -0.4 is 16.0 Å². The lowest BCUT2D eigenvalue weighted by Crippen LogP contribution is -2.30. The molecule has 3 rings (SSSR count). The van der Waals surface area contributed by atoms with Gasteiger partial charge in [0, 0.05) is 19.5 Å². The summed E-state index contributed by atoms with van der Waals surface area (Å²) in [5.41, 5.74) is 9.29. The molecule has 2 heterocycles. The van der Waals surface area contributed by atoms with Crippen molar-refractivity contribution in [2.24, 2.45) is 5.73 Å². The number of anilines is 2. The van der Waals surface area contributed by atoms with Gasteiger partial charge < -0.3 is 16.0 Å². The third kappa shape index (κ3) is 3.87. The van der Waals surface area contributed by atoms with Crippen molar-refractivity contribution in [3.8, 4) is 0 Å². The van der Waals surface area contributed by atoms with Gasteiger partial charge in [-0.05, 0) is 42.6 Å². The van der Waals surface area contributed by atoms with E-state index < -0.39 is 0 Å². The number of aromatic nitrogens is 1. The Morgan fingerprint density at radius 2 is 2.04 bits per heavy atom. The van der Waals surface area contributed by atoms with Crippen LogP contribution in [-0.2, 0) is 17.8 Å². The second-order valence-electron chi connectivity index (χ2n) is 5.78. The van der Waals surface area contributed by atoms with Gasteiger partial charge in [-0.1, -0.05) is 24.3 Å². The number of nitrogens with two attached hydrogens (primary N) is 1. The summed E-state index contributed by atoms with van der Waals surface area (Å²) < 4.78 is 0. The monoisotopic (exact) mass is 310 g/mol. The SMILES string of the molecule is NCCCC(=O)Nc1ccc(N2CCc3ccccc3C2)cn1. The minimum absolute atomic E-state index is 0.0393. The number of nitrogens with one attached hydrogen (secondary N) is 1. The largest absolute Gasteiger partial charge is 0.366 e. The highest BCUT2D eigenvalue weighted by Gasteiger charge is 2.16. The van der Waals surface area contributed by atoms with Gasteiger partial charge in [0.2, 0.25) is 5.91 Å². The number of carbonyl (C=O) groups excluding carboxylic acids is 1. The topological polar surface area (TPSA) is 71.2 Å². The average Bonchev–Trinajstić information content (AvgIpc) is 2.60. The van der Waals surface area contributed by atoms with Gasteiger partial charge in [-0.25, -0.2) is 4.98 Å². The first-order valence-corrected chi connectivity index (χ1v) is 8.04. The maximum Gasteiger partial charge on any atom is 0.225 e. The maximum atomic E-state index is 11.7. The lowest BCUT2D eigenvalue weighted by molar-refractivity contribution is -0.116. The second kappa shape index (κ2) is 7.24. The van der Waals surface area contributed by atoms with Gasteiger partial charge in [0.25, 0.3) is 0 Å². The minimum Gasteiger partial charge on any atom is -0.366 e. The number of amides is 1. The molecule has 0 radical (unpaired) electrons. The molecule has 0 fully saturated rings. The van der Waals surface area contributed by atoms with Gasteiger partial charge in [-0.15, -0.1) is 0 Å². The van der Waals surface area contributed by atoms with Crippen molar-refractivity contribution in [1.82, 2.24) is 4.98 Å². The van der Waals surface area contributed by atoms with Gasteiger partial charge in [0.1, 0.15) is 5.82 Å². The standard InChI is InChI=1S/C18H22N4O/c19-10-3-6-18(23)21-17-8-7-16(12-20-17)22-11-9-14-4-1-2-5-15(14)13-22/h1-2,4-5,7-8,12H,3,6,9-11,13,19H2,(H,20,21,23). The minimum atomic E-state index is -0.0393. The lowest BCUT2D eigenvalue weighted by atomic mass is 10.00. The van der Waals surface area contributed by atoms with Crippen molar-refractivity contribution in [1.29, 1.82) is 0 Å². The maximum absolute atomic E-state index is 11.7. The first-order chi connectivity index (χ1) is 11.3. The molecule has 23 heavy (non-hydrogen) atoms. The van der Waals surface area contributed by atoms with E-state index in [9.17, 15) is 4.79 Å². The Kier molecular flexibility index (Phi) is 4.88. The predicted octanol–water partition coefficient (Wildman–Crippen LogP) is 2.32. The van der Waals surface area contributed by atoms with E-state index in [1.165, 1.54) is 11.1 Å². The van der Waals surface area contributed by atoms with Crippen molar-refractivity contribution in [2.45, 2.75) is 25.8 Å². The van der Waals surface area contributed by atoms with Crippen LogP contribution in [-0.4, -0.2) is 24.0 Å². The van der Waals surface area contributed by atoms with E-state index in [0.29, 0.717) is 25.2 Å². The number of benzene rings is 1. The fraction of sp³-hybridized carbons (Fsp3) is 0.333. The first-order valence-electron chi connectivity index (χ1n) is 8.04. The Bertz CT molecular complexity index is 669. The number of carbonyl (C=O) groups is 1. The normalized spacial score (nSPS) is 13.5. The average molecular weight is 310 g/mol. The molecule has 3 N–H and O–H groups in total. The number of pyridine rings is 1. The quantitative estimate of drug-likeness (QED) is 0.889. The first kappa shape index (κ1) is 15.5. The molecule has 0 unspecified atom stereocenters. The number of nitrogens with zero attached hydrogens (tertiary/aromatic N) is 2. The van der Waals surface area contributed by atoms with Crippen LogP contribution in [0.1, 0.15) is 24.0 Å². The molecule has 5 nitrogen and oxygen atoms in total. The number of rotatable bonds is 5. The van der Waals surface area contributed by atoms with Crippen LogP contribution in [0.25, 0.3) is 0 Å². The molecule has 0 saturated heterocycles. The van der Waals surface area contributed by atoms with Crippen LogP contribution in [0.15, 0.2) is 42.6 Å². The molecule has 2 aromatic rings. The molecular weight excluding hydrogens is 288 g/mol. The molecule has 0 aliphatic carbocycles. The highest BCUT2D eigenvalue weighted by molar-refractivity contribution is 5.89. The summed E-state index contributed by atoms with van der Waals surface area (Å²) in [7, 11) is 0. The van der Waals surface area contributed by atoms with Gasteiger partial charge >= 0.3 is 0 Å². The van der Waals surface area contributed by atoms with Crippen LogP contribution in [0.3, 0.4) is 0 Å². The zero-order valence-corrected chi connectivity index (χ0v) is 13.2. The number of fused-ring (bicyclic) bond motifs is 1. The highest BCUT2D eigenvalue weighted by Crippen LogP contribution is 2.24. The number of hydrogen-bond acceptors (Lipinski definition) is 4. The van der Waals surface area contributed by atoms with E-state index in [4.69, 9.17) is 5.73 Å². The summed E-state index contributed by atoms with van der Waals surface area (Å²) >= 11 is 0. The second-order valence-corrected chi connectivity index (χ2v) is 5.78. The molecule has 1 aromatic carbocycles. The zero-order chi connectivity index (χ0) is 16.1. The third-order valence-electron chi connectivity index (χ3n) is 4.12. The molecule has 0 atom stereocenters. The smallest absolute Gasteiger partial charge is 0.225 e. The van der Waals surface area contributed by atoms with Crippen molar-refractivity contribution < 1.29 is 4.79 Å². The van der Waals surface area contributed by atoms with E-state index in [2.05, 4.69) is 39.5 Å². The molecule has 1 aliphatic heterocycles. The fourth-order valence-corrected chi connectivity index (χ4v) is 2.83. The van der Waals surface area contributed by atoms with Crippen LogP contribution in [0.4, 0.5) is 11.5 Å².